The van der Waals surface area contributed by atoms with Crippen molar-refractivity contribution in [2.45, 2.75) is 37.4 Å². The molecule has 0 N–H and O–H groups in total. The second kappa shape index (κ2) is 3.31. The van der Waals surface area contributed by atoms with E-state index in [0.29, 0.717) is 6.10 Å². The lowest BCUT2D eigenvalue weighted by Gasteiger charge is -2.52. The minimum atomic E-state index is 0.0459. The highest BCUT2D eigenvalue weighted by Gasteiger charge is 2.72. The molecular weight excluding hydrogens is 200 g/mol. The first-order chi connectivity index (χ1) is 7.73. The van der Waals surface area contributed by atoms with E-state index in [-0.39, 0.29) is 11.0 Å². The largest absolute Gasteiger partial charge is 0.377 e. The third kappa shape index (κ3) is 1.14. The van der Waals surface area contributed by atoms with Gasteiger partial charge in [-0.05, 0) is 12.5 Å². The lowest BCUT2D eigenvalue weighted by atomic mass is 9.55. The van der Waals surface area contributed by atoms with Crippen LogP contribution in [0.15, 0.2) is 30.3 Å². The van der Waals surface area contributed by atoms with E-state index in [0.717, 1.165) is 19.6 Å². The summed E-state index contributed by atoms with van der Waals surface area (Å²) >= 11 is 0. The van der Waals surface area contributed by atoms with Gasteiger partial charge >= 0.3 is 0 Å². The summed E-state index contributed by atoms with van der Waals surface area (Å²) < 4.78 is 11.5. The molecular formula is C14H18O2. The van der Waals surface area contributed by atoms with E-state index < -0.39 is 0 Å². The summed E-state index contributed by atoms with van der Waals surface area (Å²) in [5.74, 6) is 0. The fraction of sp³-hybridized carbons (Fsp3) is 0.571. The fourth-order valence-corrected chi connectivity index (χ4v) is 3.04. The van der Waals surface area contributed by atoms with Crippen LogP contribution in [0.5, 0.6) is 0 Å². The molecule has 3 atom stereocenters. The zero-order valence-electron chi connectivity index (χ0n) is 9.90. The Bertz CT molecular complexity index is 383. The van der Waals surface area contributed by atoms with Gasteiger partial charge in [0.05, 0.1) is 18.1 Å². The summed E-state index contributed by atoms with van der Waals surface area (Å²) in [4.78, 5) is 0. The SMILES string of the molecule is CCO[C@H]1C[C@]2(CO2)[C@]1(C)c1ccccc1. The molecule has 86 valence electrons. The third-order valence-electron chi connectivity index (χ3n) is 4.34. The summed E-state index contributed by atoms with van der Waals surface area (Å²) in [6, 6.07) is 10.6. The maximum absolute atomic E-state index is 5.84. The number of ether oxygens (including phenoxy) is 2. The van der Waals surface area contributed by atoms with Crippen LogP contribution >= 0.6 is 0 Å². The van der Waals surface area contributed by atoms with Gasteiger partial charge in [-0.15, -0.1) is 0 Å². The smallest absolute Gasteiger partial charge is 0.106 e. The van der Waals surface area contributed by atoms with Crippen LogP contribution in [0.2, 0.25) is 0 Å². The van der Waals surface area contributed by atoms with Crippen LogP contribution in [0.3, 0.4) is 0 Å². The van der Waals surface area contributed by atoms with E-state index in [1.807, 2.05) is 0 Å². The Labute approximate surface area is 96.6 Å². The first-order valence-electron chi connectivity index (χ1n) is 6.04. The van der Waals surface area contributed by atoms with Crippen LogP contribution in [0.25, 0.3) is 0 Å². The second-order valence-corrected chi connectivity index (χ2v) is 5.00. The molecule has 1 saturated carbocycles. The predicted molar refractivity (Wildman–Crippen MR) is 62.5 cm³/mol. The van der Waals surface area contributed by atoms with Crippen molar-refractivity contribution in [2.24, 2.45) is 0 Å². The van der Waals surface area contributed by atoms with Gasteiger partial charge in [0, 0.05) is 13.0 Å². The van der Waals surface area contributed by atoms with Gasteiger partial charge < -0.3 is 9.47 Å². The number of hydrogen-bond donors (Lipinski definition) is 0. The van der Waals surface area contributed by atoms with Crippen LogP contribution < -0.4 is 0 Å². The van der Waals surface area contributed by atoms with Crippen molar-refractivity contribution in [1.29, 1.82) is 0 Å². The molecule has 0 unspecified atom stereocenters. The lowest BCUT2D eigenvalue weighted by molar-refractivity contribution is -0.111. The summed E-state index contributed by atoms with van der Waals surface area (Å²) in [6.45, 7) is 6.01. The number of rotatable bonds is 3. The van der Waals surface area contributed by atoms with E-state index >= 15 is 0 Å². The van der Waals surface area contributed by atoms with Crippen molar-refractivity contribution in [3.05, 3.63) is 35.9 Å². The highest BCUT2D eigenvalue weighted by molar-refractivity contribution is 5.39. The maximum Gasteiger partial charge on any atom is 0.106 e. The van der Waals surface area contributed by atoms with Gasteiger partial charge in [-0.1, -0.05) is 37.3 Å². The summed E-state index contributed by atoms with van der Waals surface area (Å²) in [6.07, 6.45) is 1.36. The molecule has 1 heterocycles. The first-order valence-corrected chi connectivity index (χ1v) is 6.04. The number of epoxide rings is 1. The van der Waals surface area contributed by atoms with Crippen LogP contribution in [0.1, 0.15) is 25.8 Å². The minimum Gasteiger partial charge on any atom is -0.377 e. The van der Waals surface area contributed by atoms with Crippen molar-refractivity contribution in [2.75, 3.05) is 13.2 Å². The number of hydrogen-bond acceptors (Lipinski definition) is 2. The normalized spacial score (nSPS) is 40.8. The Hall–Kier alpha value is -0.860. The highest BCUT2D eigenvalue weighted by Crippen LogP contribution is 2.61. The van der Waals surface area contributed by atoms with Crippen LogP contribution in [0, 0.1) is 0 Å². The molecule has 1 aliphatic carbocycles. The van der Waals surface area contributed by atoms with Crippen molar-refractivity contribution in [3.63, 3.8) is 0 Å². The van der Waals surface area contributed by atoms with Crippen molar-refractivity contribution < 1.29 is 9.47 Å². The third-order valence-corrected chi connectivity index (χ3v) is 4.34. The fourth-order valence-electron chi connectivity index (χ4n) is 3.04. The molecule has 1 aromatic carbocycles. The summed E-state index contributed by atoms with van der Waals surface area (Å²) in [5.41, 5.74) is 1.47. The summed E-state index contributed by atoms with van der Waals surface area (Å²) in [5, 5.41) is 0. The van der Waals surface area contributed by atoms with Gasteiger partial charge in [0.1, 0.15) is 5.60 Å². The monoisotopic (exact) mass is 218 g/mol. The Balaban J connectivity index is 1.94. The Kier molecular flexibility index (Phi) is 2.13. The Morgan fingerprint density at radius 3 is 2.62 bits per heavy atom. The van der Waals surface area contributed by atoms with Gasteiger partial charge in [-0.3, -0.25) is 0 Å². The van der Waals surface area contributed by atoms with Gasteiger partial charge in [0.2, 0.25) is 0 Å². The summed E-state index contributed by atoms with van der Waals surface area (Å²) in [7, 11) is 0. The molecule has 16 heavy (non-hydrogen) atoms. The quantitative estimate of drug-likeness (QED) is 0.727. The molecule has 2 nitrogen and oxygen atoms in total. The standard InChI is InChI=1S/C14H18O2/c1-3-15-12-9-14(10-16-14)13(12,2)11-7-5-4-6-8-11/h4-8,12H,3,9-10H2,1-2H3/t12-,13+,14-/m0/s1. The van der Waals surface area contributed by atoms with Crippen molar-refractivity contribution in [3.8, 4) is 0 Å². The zero-order chi connectivity index (χ0) is 11.2. The molecule has 2 fully saturated rings. The molecule has 3 rings (SSSR count). The molecule has 0 aromatic heterocycles. The first kappa shape index (κ1) is 10.3. The molecule has 1 spiro atoms. The number of benzene rings is 1. The maximum atomic E-state index is 5.84. The van der Waals surface area contributed by atoms with Gasteiger partial charge in [-0.25, -0.2) is 0 Å². The van der Waals surface area contributed by atoms with Crippen molar-refractivity contribution in [1.82, 2.24) is 0 Å². The molecule has 1 aliphatic heterocycles. The molecule has 2 aliphatic rings. The van der Waals surface area contributed by atoms with Crippen molar-refractivity contribution >= 4 is 0 Å². The van der Waals surface area contributed by atoms with Crippen LogP contribution in [-0.2, 0) is 14.9 Å². The molecule has 1 saturated heterocycles. The predicted octanol–water partition coefficient (Wildman–Crippen LogP) is 2.52. The van der Waals surface area contributed by atoms with Crippen LogP contribution in [-0.4, -0.2) is 24.9 Å². The topological polar surface area (TPSA) is 21.8 Å². The molecule has 2 heteroatoms. The van der Waals surface area contributed by atoms with Gasteiger partial charge in [0.15, 0.2) is 0 Å². The Morgan fingerprint density at radius 2 is 2.06 bits per heavy atom. The van der Waals surface area contributed by atoms with E-state index in [1.165, 1.54) is 5.56 Å². The van der Waals surface area contributed by atoms with Crippen LogP contribution in [0.4, 0.5) is 0 Å². The van der Waals surface area contributed by atoms with E-state index in [4.69, 9.17) is 9.47 Å². The van der Waals surface area contributed by atoms with E-state index in [2.05, 4.69) is 44.2 Å². The van der Waals surface area contributed by atoms with Gasteiger partial charge in [-0.2, -0.15) is 0 Å². The van der Waals surface area contributed by atoms with E-state index in [9.17, 15) is 0 Å². The lowest BCUT2D eigenvalue weighted by Crippen LogP contribution is -2.62. The zero-order valence-corrected chi connectivity index (χ0v) is 9.90. The Morgan fingerprint density at radius 1 is 1.38 bits per heavy atom. The average Bonchev–Trinajstić information content (AvgIpc) is 3.11. The average molecular weight is 218 g/mol. The second-order valence-electron chi connectivity index (χ2n) is 5.00. The molecule has 0 amide bonds. The highest BCUT2D eigenvalue weighted by atomic mass is 16.6. The molecule has 1 aromatic rings. The minimum absolute atomic E-state index is 0.0459. The molecule has 0 radical (unpaired) electrons. The molecule has 0 bridgehead atoms. The van der Waals surface area contributed by atoms with Gasteiger partial charge in [0.25, 0.3) is 0 Å². The van der Waals surface area contributed by atoms with E-state index in [1.54, 1.807) is 0 Å².